The van der Waals surface area contributed by atoms with Crippen molar-refractivity contribution < 1.29 is 9.18 Å². The van der Waals surface area contributed by atoms with Crippen LogP contribution in [0.2, 0.25) is 5.02 Å². The topological polar surface area (TPSA) is 20.3 Å². The van der Waals surface area contributed by atoms with Gasteiger partial charge in [0, 0.05) is 11.4 Å². The average molecular weight is 314 g/mol. The molecule has 0 radical (unpaired) electrons. The van der Waals surface area contributed by atoms with E-state index in [1.54, 1.807) is 6.07 Å². The molecule has 0 amide bonds. The Kier molecular flexibility index (Phi) is 6.82. The summed E-state index contributed by atoms with van der Waals surface area (Å²) in [6.07, 6.45) is 1.54. The van der Waals surface area contributed by atoms with Gasteiger partial charge in [0.05, 0.1) is 5.54 Å². The van der Waals surface area contributed by atoms with Crippen LogP contribution in [0.5, 0.6) is 0 Å². The molecule has 0 aliphatic carbocycles. The minimum absolute atomic E-state index is 0.0670. The van der Waals surface area contributed by atoms with E-state index in [0.29, 0.717) is 10.6 Å². The maximum absolute atomic E-state index is 13.9. The average Bonchev–Trinajstić information content (AvgIpc) is 2.48. The number of likely N-dealkylation sites (N-methyl/N-ethyl adjacent to an activating group) is 1. The number of nitrogens with zero attached hydrogens (tertiary/aromatic N) is 1. The highest BCUT2D eigenvalue weighted by atomic mass is 35.5. The molecule has 0 saturated carbocycles. The Hall–Kier alpha value is -0.930. The van der Waals surface area contributed by atoms with Crippen molar-refractivity contribution in [3.8, 4) is 0 Å². The maximum Gasteiger partial charge on any atom is 0.157 e. The summed E-state index contributed by atoms with van der Waals surface area (Å²) in [5.41, 5.74) is -0.135. The van der Waals surface area contributed by atoms with Crippen molar-refractivity contribution in [3.63, 3.8) is 0 Å². The summed E-state index contributed by atoms with van der Waals surface area (Å²) < 4.78 is 13.9. The first-order valence-electron chi connectivity index (χ1n) is 7.67. The largest absolute Gasteiger partial charge is 0.297 e. The summed E-state index contributed by atoms with van der Waals surface area (Å²) in [5.74, 6) is -0.300. The van der Waals surface area contributed by atoms with Crippen LogP contribution in [-0.4, -0.2) is 29.3 Å². The summed E-state index contributed by atoms with van der Waals surface area (Å²) in [7, 11) is 0. The first-order chi connectivity index (χ1) is 9.94. The fourth-order valence-electron chi connectivity index (χ4n) is 3.11. The van der Waals surface area contributed by atoms with Gasteiger partial charge in [0.1, 0.15) is 5.82 Å². The molecule has 0 spiro atoms. The minimum Gasteiger partial charge on any atom is -0.297 e. The van der Waals surface area contributed by atoms with Crippen molar-refractivity contribution in [2.45, 2.75) is 52.5 Å². The summed E-state index contributed by atoms with van der Waals surface area (Å²) >= 11 is 5.91. The molecule has 118 valence electrons. The number of ketones is 1. The van der Waals surface area contributed by atoms with E-state index in [0.717, 1.165) is 25.9 Å². The smallest absolute Gasteiger partial charge is 0.157 e. The van der Waals surface area contributed by atoms with Crippen molar-refractivity contribution in [1.29, 1.82) is 0 Å². The number of hydrogen-bond acceptors (Lipinski definition) is 2. The third-order valence-electron chi connectivity index (χ3n) is 4.42. The molecule has 0 heterocycles. The standard InChI is InChI=1S/C17H25ClFNO/c1-5-17(6-2,20(7-3)8-4)16(21)12-13-11-14(18)9-10-15(13)19/h9-11H,5-8,12H2,1-4H3. The first-order valence-corrected chi connectivity index (χ1v) is 8.05. The number of rotatable bonds is 8. The zero-order valence-corrected chi connectivity index (χ0v) is 14.1. The Labute approximate surface area is 132 Å². The summed E-state index contributed by atoms with van der Waals surface area (Å²) in [6.45, 7) is 9.76. The number of benzene rings is 1. The second-order valence-electron chi connectivity index (χ2n) is 5.25. The van der Waals surface area contributed by atoms with Crippen molar-refractivity contribution in [2.24, 2.45) is 0 Å². The Morgan fingerprint density at radius 3 is 2.24 bits per heavy atom. The maximum atomic E-state index is 13.9. The fourth-order valence-corrected chi connectivity index (χ4v) is 3.31. The number of hydrogen-bond donors (Lipinski definition) is 0. The van der Waals surface area contributed by atoms with Crippen LogP contribution in [0.25, 0.3) is 0 Å². The monoisotopic (exact) mass is 313 g/mol. The van der Waals surface area contributed by atoms with Gasteiger partial charge < -0.3 is 0 Å². The van der Waals surface area contributed by atoms with Crippen LogP contribution in [0.1, 0.15) is 46.1 Å². The highest BCUT2D eigenvalue weighted by molar-refractivity contribution is 6.30. The molecule has 0 aliphatic heterocycles. The molecule has 21 heavy (non-hydrogen) atoms. The molecule has 0 fully saturated rings. The first kappa shape index (κ1) is 18.1. The van der Waals surface area contributed by atoms with Crippen molar-refractivity contribution in [1.82, 2.24) is 4.90 Å². The fraction of sp³-hybridized carbons (Fsp3) is 0.588. The van der Waals surface area contributed by atoms with Gasteiger partial charge in [-0.05, 0) is 49.7 Å². The predicted octanol–water partition coefficient (Wildman–Crippen LogP) is 4.49. The van der Waals surface area contributed by atoms with Gasteiger partial charge in [-0.1, -0.05) is 39.3 Å². The van der Waals surface area contributed by atoms with Gasteiger partial charge in [0.15, 0.2) is 5.78 Å². The van der Waals surface area contributed by atoms with Gasteiger partial charge in [-0.15, -0.1) is 0 Å². The molecule has 1 rings (SSSR count). The number of halogens is 2. The van der Waals surface area contributed by atoms with Gasteiger partial charge in [-0.2, -0.15) is 0 Å². The molecule has 0 aliphatic rings. The van der Waals surface area contributed by atoms with Crippen LogP contribution >= 0.6 is 11.6 Å². The number of carbonyl (C=O) groups excluding carboxylic acids is 1. The van der Waals surface area contributed by atoms with E-state index < -0.39 is 5.54 Å². The molecule has 1 aromatic carbocycles. The second-order valence-corrected chi connectivity index (χ2v) is 5.68. The predicted molar refractivity (Wildman–Crippen MR) is 86.4 cm³/mol. The third-order valence-corrected chi connectivity index (χ3v) is 4.65. The van der Waals surface area contributed by atoms with E-state index in [1.807, 2.05) is 13.8 Å². The lowest BCUT2D eigenvalue weighted by atomic mass is 9.83. The van der Waals surface area contributed by atoms with Crippen LogP contribution in [-0.2, 0) is 11.2 Å². The van der Waals surface area contributed by atoms with Crippen LogP contribution in [0.15, 0.2) is 18.2 Å². The van der Waals surface area contributed by atoms with E-state index >= 15 is 0 Å². The molecule has 0 N–H and O–H groups in total. The highest BCUT2D eigenvalue weighted by Crippen LogP contribution is 2.28. The summed E-state index contributed by atoms with van der Waals surface area (Å²) in [5, 5.41) is 0.459. The Bertz CT molecular complexity index is 482. The van der Waals surface area contributed by atoms with E-state index in [2.05, 4.69) is 18.7 Å². The molecule has 0 atom stereocenters. The molecule has 4 heteroatoms. The lowest BCUT2D eigenvalue weighted by Gasteiger charge is -2.41. The lowest BCUT2D eigenvalue weighted by molar-refractivity contribution is -0.131. The highest BCUT2D eigenvalue weighted by Gasteiger charge is 2.39. The molecule has 0 saturated heterocycles. The van der Waals surface area contributed by atoms with Gasteiger partial charge in [0.25, 0.3) is 0 Å². The minimum atomic E-state index is -0.516. The molecule has 0 bridgehead atoms. The molecule has 2 nitrogen and oxygen atoms in total. The SMILES string of the molecule is CCN(CC)C(CC)(CC)C(=O)Cc1cc(Cl)ccc1F. The number of Topliss-reactive ketones (excluding diaryl/α,β-unsaturated/α-hetero) is 1. The molecule has 0 unspecified atom stereocenters. The second kappa shape index (κ2) is 7.90. The molecule has 0 aromatic heterocycles. The molecular formula is C17H25ClFNO. The normalized spacial score (nSPS) is 12.0. The molecule has 1 aromatic rings. The van der Waals surface area contributed by atoms with Gasteiger partial charge in [0.2, 0.25) is 0 Å². The summed E-state index contributed by atoms with van der Waals surface area (Å²) in [6, 6.07) is 4.37. The van der Waals surface area contributed by atoms with Gasteiger partial charge in [-0.3, -0.25) is 9.69 Å². The van der Waals surface area contributed by atoms with E-state index in [1.165, 1.54) is 12.1 Å². The van der Waals surface area contributed by atoms with Crippen molar-refractivity contribution in [2.75, 3.05) is 13.1 Å². The quantitative estimate of drug-likeness (QED) is 0.704. The third kappa shape index (κ3) is 3.83. The summed E-state index contributed by atoms with van der Waals surface area (Å²) in [4.78, 5) is 15.0. The molecular weight excluding hydrogens is 289 g/mol. The Morgan fingerprint density at radius 1 is 1.19 bits per heavy atom. The van der Waals surface area contributed by atoms with E-state index in [-0.39, 0.29) is 18.0 Å². The van der Waals surface area contributed by atoms with Crippen LogP contribution < -0.4 is 0 Å². The Balaban J connectivity index is 3.09. The van der Waals surface area contributed by atoms with E-state index in [4.69, 9.17) is 11.6 Å². The van der Waals surface area contributed by atoms with Gasteiger partial charge >= 0.3 is 0 Å². The van der Waals surface area contributed by atoms with Crippen LogP contribution in [0.3, 0.4) is 0 Å². The van der Waals surface area contributed by atoms with Crippen LogP contribution in [0, 0.1) is 5.82 Å². The zero-order valence-electron chi connectivity index (χ0n) is 13.4. The van der Waals surface area contributed by atoms with Gasteiger partial charge in [-0.25, -0.2) is 4.39 Å². The Morgan fingerprint density at radius 2 is 1.76 bits per heavy atom. The van der Waals surface area contributed by atoms with Crippen molar-refractivity contribution >= 4 is 17.4 Å². The number of carbonyl (C=O) groups is 1. The van der Waals surface area contributed by atoms with Crippen molar-refractivity contribution in [3.05, 3.63) is 34.6 Å². The zero-order chi connectivity index (χ0) is 16.0. The van der Waals surface area contributed by atoms with E-state index in [9.17, 15) is 9.18 Å². The van der Waals surface area contributed by atoms with Crippen LogP contribution in [0.4, 0.5) is 4.39 Å². The lowest BCUT2D eigenvalue weighted by Crippen LogP contribution is -2.54.